The van der Waals surface area contributed by atoms with Gasteiger partial charge < -0.3 is 9.84 Å². The van der Waals surface area contributed by atoms with Crippen LogP contribution < -0.4 is 4.74 Å². The molecule has 1 N–H and O–H groups in total. The topological polar surface area (TPSA) is 70.3 Å². The van der Waals surface area contributed by atoms with Crippen LogP contribution in [0.3, 0.4) is 0 Å². The summed E-state index contributed by atoms with van der Waals surface area (Å²) in [5, 5.41) is 20.8. The van der Waals surface area contributed by atoms with Crippen molar-refractivity contribution in [3.63, 3.8) is 0 Å². The number of nitrogens with zero attached hydrogens (tertiary/aromatic N) is 1. The summed E-state index contributed by atoms with van der Waals surface area (Å²) in [5.74, 6) is -2.36. The number of halogens is 1. The Balaban J connectivity index is 2.10. The van der Waals surface area contributed by atoms with Crippen LogP contribution in [0.1, 0.15) is 24.0 Å². The first kappa shape index (κ1) is 21.4. The molecule has 5 heteroatoms. The number of hydrogen-bond acceptors (Lipinski definition) is 3. The van der Waals surface area contributed by atoms with Crippen molar-refractivity contribution in [2.45, 2.75) is 24.9 Å². The summed E-state index contributed by atoms with van der Waals surface area (Å²) in [4.78, 5) is 12.5. The number of aliphatic carboxylic acids is 1. The molecule has 4 nitrogen and oxygen atoms in total. The molecular weight excluding hydrogens is 398 g/mol. The van der Waals surface area contributed by atoms with Crippen molar-refractivity contribution < 1.29 is 14.6 Å². The normalized spacial score (nSPS) is 14.7. The summed E-state index contributed by atoms with van der Waals surface area (Å²) in [5.41, 5.74) is 0.122. The van der Waals surface area contributed by atoms with E-state index in [0.717, 1.165) is 5.56 Å². The number of rotatable bonds is 8. The second-order valence-electron chi connectivity index (χ2n) is 7.29. The highest BCUT2D eigenvalue weighted by atomic mass is 35.5. The average molecular weight is 420 g/mol. The number of hydrogen-bond donors (Lipinski definition) is 1. The highest BCUT2D eigenvalue weighted by Gasteiger charge is 2.49. The van der Waals surface area contributed by atoms with E-state index in [-0.39, 0.29) is 0 Å². The van der Waals surface area contributed by atoms with E-state index >= 15 is 0 Å². The molecule has 0 aliphatic carbocycles. The Morgan fingerprint density at radius 1 is 1.03 bits per heavy atom. The molecule has 3 unspecified atom stereocenters. The van der Waals surface area contributed by atoms with Gasteiger partial charge >= 0.3 is 5.97 Å². The SMILES string of the molecule is CC(Oc1ccccc1)(C(C#N)Cc1ccccc1)C(C(=O)O)c1ccc(Cl)cc1. The van der Waals surface area contributed by atoms with Crippen LogP contribution in [-0.2, 0) is 11.2 Å². The zero-order valence-corrected chi connectivity index (χ0v) is 17.3. The predicted molar refractivity (Wildman–Crippen MR) is 117 cm³/mol. The van der Waals surface area contributed by atoms with Crippen molar-refractivity contribution in [3.8, 4) is 11.8 Å². The minimum absolute atomic E-state index is 0.359. The molecule has 30 heavy (non-hydrogen) atoms. The summed E-state index contributed by atoms with van der Waals surface area (Å²) in [6, 6.07) is 27.5. The summed E-state index contributed by atoms with van der Waals surface area (Å²) in [6.07, 6.45) is 0.359. The minimum Gasteiger partial charge on any atom is -0.485 e. The quantitative estimate of drug-likeness (QED) is 0.506. The number of benzene rings is 3. The minimum atomic E-state index is -1.34. The number of carboxylic acids is 1. The highest BCUT2D eigenvalue weighted by molar-refractivity contribution is 6.30. The molecule has 152 valence electrons. The molecule has 0 heterocycles. The molecule has 3 aromatic carbocycles. The molecule has 0 aromatic heterocycles. The Bertz CT molecular complexity index is 1020. The molecule has 0 aliphatic heterocycles. The van der Waals surface area contributed by atoms with Gasteiger partial charge in [0.1, 0.15) is 17.3 Å². The second kappa shape index (κ2) is 9.47. The fourth-order valence-corrected chi connectivity index (χ4v) is 3.80. The van der Waals surface area contributed by atoms with Crippen LogP contribution in [0.4, 0.5) is 0 Å². The lowest BCUT2D eigenvalue weighted by molar-refractivity contribution is -0.145. The largest absolute Gasteiger partial charge is 0.485 e. The lowest BCUT2D eigenvalue weighted by atomic mass is 9.73. The van der Waals surface area contributed by atoms with Crippen LogP contribution in [0, 0.1) is 17.2 Å². The monoisotopic (exact) mass is 419 g/mol. The smallest absolute Gasteiger partial charge is 0.315 e. The maximum atomic E-state index is 12.5. The summed E-state index contributed by atoms with van der Waals surface area (Å²) in [6.45, 7) is 1.70. The van der Waals surface area contributed by atoms with E-state index in [4.69, 9.17) is 16.3 Å². The molecule has 0 saturated carbocycles. The van der Waals surface area contributed by atoms with E-state index < -0.39 is 23.4 Å². The van der Waals surface area contributed by atoms with E-state index in [2.05, 4.69) is 6.07 Å². The van der Waals surface area contributed by atoms with Gasteiger partial charge in [0.2, 0.25) is 0 Å². The Morgan fingerprint density at radius 3 is 2.13 bits per heavy atom. The predicted octanol–water partition coefficient (Wildman–Crippen LogP) is 5.73. The van der Waals surface area contributed by atoms with E-state index in [1.54, 1.807) is 43.3 Å². The van der Waals surface area contributed by atoms with Crippen LogP contribution in [0.5, 0.6) is 5.75 Å². The maximum Gasteiger partial charge on any atom is 0.315 e. The first-order valence-corrected chi connectivity index (χ1v) is 9.97. The van der Waals surface area contributed by atoms with E-state index in [1.165, 1.54) is 0 Å². The molecule has 0 spiro atoms. The molecule has 0 bridgehead atoms. The first-order chi connectivity index (χ1) is 14.4. The van der Waals surface area contributed by atoms with Gasteiger partial charge in [0, 0.05) is 5.02 Å². The zero-order valence-electron chi connectivity index (χ0n) is 16.5. The van der Waals surface area contributed by atoms with Crippen LogP contribution >= 0.6 is 11.6 Å². The van der Waals surface area contributed by atoms with Gasteiger partial charge in [0.15, 0.2) is 0 Å². The average Bonchev–Trinajstić information content (AvgIpc) is 2.74. The summed E-state index contributed by atoms with van der Waals surface area (Å²) >= 11 is 6.01. The molecular formula is C25H22ClNO3. The zero-order chi connectivity index (χ0) is 21.6. The van der Waals surface area contributed by atoms with Crippen LogP contribution in [-0.4, -0.2) is 16.7 Å². The van der Waals surface area contributed by atoms with Crippen molar-refractivity contribution in [2.75, 3.05) is 0 Å². The molecule has 3 atom stereocenters. The van der Waals surface area contributed by atoms with Crippen LogP contribution in [0.15, 0.2) is 84.9 Å². The van der Waals surface area contributed by atoms with Crippen LogP contribution in [0.25, 0.3) is 0 Å². The molecule has 3 aromatic rings. The van der Waals surface area contributed by atoms with Gasteiger partial charge in [-0.05, 0) is 48.7 Å². The lowest BCUT2D eigenvalue weighted by Gasteiger charge is -2.39. The fourth-order valence-electron chi connectivity index (χ4n) is 3.67. The molecule has 0 radical (unpaired) electrons. The Morgan fingerprint density at radius 2 is 1.60 bits per heavy atom. The number of carbonyl (C=O) groups is 1. The first-order valence-electron chi connectivity index (χ1n) is 9.60. The van der Waals surface area contributed by atoms with Gasteiger partial charge in [-0.1, -0.05) is 72.3 Å². The van der Waals surface area contributed by atoms with Crippen molar-refractivity contribution in [1.82, 2.24) is 0 Å². The van der Waals surface area contributed by atoms with E-state index in [0.29, 0.717) is 22.8 Å². The van der Waals surface area contributed by atoms with Crippen LogP contribution in [0.2, 0.25) is 5.02 Å². The van der Waals surface area contributed by atoms with E-state index in [1.807, 2.05) is 48.5 Å². The fraction of sp³-hybridized carbons (Fsp3) is 0.200. The maximum absolute atomic E-state index is 12.5. The number of carboxylic acid groups (broad SMARTS) is 1. The molecule has 3 rings (SSSR count). The third kappa shape index (κ3) is 4.82. The van der Waals surface area contributed by atoms with Gasteiger partial charge in [-0.25, -0.2) is 0 Å². The van der Waals surface area contributed by atoms with Crippen molar-refractivity contribution >= 4 is 17.6 Å². The molecule has 0 fully saturated rings. The second-order valence-corrected chi connectivity index (χ2v) is 7.73. The van der Waals surface area contributed by atoms with Crippen molar-refractivity contribution in [2.24, 2.45) is 5.92 Å². The van der Waals surface area contributed by atoms with Gasteiger partial charge in [-0.2, -0.15) is 5.26 Å². The number of nitriles is 1. The Hall–Kier alpha value is -3.29. The summed E-state index contributed by atoms with van der Waals surface area (Å²) in [7, 11) is 0. The van der Waals surface area contributed by atoms with Gasteiger partial charge in [0.05, 0.1) is 12.0 Å². The molecule has 0 aliphatic rings. The van der Waals surface area contributed by atoms with Gasteiger partial charge in [-0.15, -0.1) is 0 Å². The van der Waals surface area contributed by atoms with Crippen molar-refractivity contribution in [1.29, 1.82) is 5.26 Å². The highest BCUT2D eigenvalue weighted by Crippen LogP contribution is 2.40. The summed E-state index contributed by atoms with van der Waals surface area (Å²) < 4.78 is 6.30. The molecule has 0 saturated heterocycles. The standard InChI is InChI=1S/C25H22ClNO3/c1-25(30-22-10-6-3-7-11-22,20(17-27)16-18-8-4-2-5-9-18)23(24(28)29)19-12-14-21(26)15-13-19/h2-15,20,23H,16H2,1H3,(H,28,29). The van der Waals surface area contributed by atoms with E-state index in [9.17, 15) is 15.2 Å². The lowest BCUT2D eigenvalue weighted by Crippen LogP contribution is -2.49. The number of ether oxygens (including phenoxy) is 1. The van der Waals surface area contributed by atoms with Gasteiger partial charge in [-0.3, -0.25) is 4.79 Å². The van der Waals surface area contributed by atoms with Crippen molar-refractivity contribution in [3.05, 3.63) is 101 Å². The van der Waals surface area contributed by atoms with Gasteiger partial charge in [0.25, 0.3) is 0 Å². The third-order valence-electron chi connectivity index (χ3n) is 5.23. The third-order valence-corrected chi connectivity index (χ3v) is 5.49. The Kier molecular flexibility index (Phi) is 6.76. The number of para-hydroxylation sites is 1. The Labute approximate surface area is 181 Å². The molecule has 0 amide bonds.